The number of nitrogens with zero attached hydrogens (tertiary/aromatic N) is 2. The standard InChI is InChI=1S/C61H40N2/c1-5-18-41(19-6-1)42-32-34-43(35-33-42)57-40-58(63-60(62-57)44-20-7-2-8-21-44)52-37-36-51(49-28-15-16-29-50(49)52)53-30-17-31-54-55-38-45-22-13-14-23-46(45)39-56(55)61(59(53)54,47-24-9-3-10-25-47)48-26-11-4-12-27-48/h1-40H. The predicted molar refractivity (Wildman–Crippen MR) is 262 cm³/mol. The topological polar surface area (TPSA) is 25.8 Å². The molecule has 0 unspecified atom stereocenters. The molecule has 0 amide bonds. The molecule has 0 fully saturated rings. The van der Waals surface area contributed by atoms with E-state index < -0.39 is 5.41 Å². The fourth-order valence-electron chi connectivity index (χ4n) is 10.1. The minimum absolute atomic E-state index is 0.574. The zero-order valence-corrected chi connectivity index (χ0v) is 34.5. The Balaban J connectivity index is 1.09. The average molecular weight is 801 g/mol. The summed E-state index contributed by atoms with van der Waals surface area (Å²) in [4.78, 5) is 10.5. The summed E-state index contributed by atoms with van der Waals surface area (Å²) >= 11 is 0. The highest BCUT2D eigenvalue weighted by atomic mass is 14.9. The molecule has 2 nitrogen and oxygen atoms in total. The minimum atomic E-state index is -0.574. The second-order valence-electron chi connectivity index (χ2n) is 16.4. The molecular formula is C61H40N2. The molecule has 1 aliphatic rings. The number of aromatic nitrogens is 2. The molecule has 1 aliphatic carbocycles. The van der Waals surface area contributed by atoms with E-state index in [0.29, 0.717) is 5.82 Å². The Morgan fingerprint density at radius 2 is 0.762 bits per heavy atom. The largest absolute Gasteiger partial charge is 0.228 e. The van der Waals surface area contributed by atoms with Crippen molar-refractivity contribution in [2.75, 3.05) is 0 Å². The summed E-state index contributed by atoms with van der Waals surface area (Å²) in [5.74, 6) is 0.699. The van der Waals surface area contributed by atoms with Gasteiger partial charge in [-0.3, -0.25) is 0 Å². The zero-order valence-electron chi connectivity index (χ0n) is 34.5. The van der Waals surface area contributed by atoms with Gasteiger partial charge >= 0.3 is 0 Å². The fourth-order valence-corrected chi connectivity index (χ4v) is 10.1. The molecule has 0 N–H and O–H groups in total. The van der Waals surface area contributed by atoms with Gasteiger partial charge in [-0.25, -0.2) is 9.97 Å². The van der Waals surface area contributed by atoms with E-state index in [0.717, 1.165) is 33.5 Å². The van der Waals surface area contributed by atoms with Gasteiger partial charge in [0.15, 0.2) is 5.82 Å². The van der Waals surface area contributed by atoms with Crippen LogP contribution in [0.4, 0.5) is 0 Å². The van der Waals surface area contributed by atoms with E-state index in [-0.39, 0.29) is 0 Å². The van der Waals surface area contributed by atoms with Crippen LogP contribution in [0, 0.1) is 0 Å². The van der Waals surface area contributed by atoms with Crippen molar-refractivity contribution < 1.29 is 0 Å². The Morgan fingerprint density at radius 3 is 1.41 bits per heavy atom. The average Bonchev–Trinajstić information content (AvgIpc) is 3.66. The van der Waals surface area contributed by atoms with Gasteiger partial charge in [-0.15, -0.1) is 0 Å². The number of benzene rings is 10. The van der Waals surface area contributed by atoms with Crippen LogP contribution in [0.3, 0.4) is 0 Å². The summed E-state index contributed by atoms with van der Waals surface area (Å²) in [6, 6.07) is 87.9. The van der Waals surface area contributed by atoms with Gasteiger partial charge in [-0.1, -0.05) is 224 Å². The maximum atomic E-state index is 5.32. The van der Waals surface area contributed by atoms with Crippen LogP contribution in [0.15, 0.2) is 243 Å². The normalized spacial score (nSPS) is 12.6. The number of hydrogen-bond donors (Lipinski definition) is 0. The summed E-state index contributed by atoms with van der Waals surface area (Å²) in [5.41, 5.74) is 16.7. The first-order valence-electron chi connectivity index (χ1n) is 21.6. The third-order valence-electron chi connectivity index (χ3n) is 13.0. The van der Waals surface area contributed by atoms with Gasteiger partial charge in [-0.2, -0.15) is 0 Å². The molecule has 0 spiro atoms. The molecule has 1 aromatic heterocycles. The molecule has 2 heteroatoms. The summed E-state index contributed by atoms with van der Waals surface area (Å²) in [5, 5.41) is 4.79. The first kappa shape index (κ1) is 36.6. The van der Waals surface area contributed by atoms with E-state index in [4.69, 9.17) is 9.97 Å². The molecule has 63 heavy (non-hydrogen) atoms. The van der Waals surface area contributed by atoms with Gasteiger partial charge in [0.1, 0.15) is 0 Å². The molecular weight excluding hydrogens is 761 g/mol. The van der Waals surface area contributed by atoms with Crippen molar-refractivity contribution in [2.45, 2.75) is 5.41 Å². The van der Waals surface area contributed by atoms with Crippen LogP contribution in [0.5, 0.6) is 0 Å². The second kappa shape index (κ2) is 15.1. The van der Waals surface area contributed by atoms with Gasteiger partial charge in [0.2, 0.25) is 0 Å². The third kappa shape index (κ3) is 6.02. The minimum Gasteiger partial charge on any atom is -0.228 e. The van der Waals surface area contributed by atoms with Gasteiger partial charge in [0.05, 0.1) is 16.8 Å². The quantitative estimate of drug-likeness (QED) is 0.160. The van der Waals surface area contributed by atoms with Crippen molar-refractivity contribution in [3.8, 4) is 67.3 Å². The maximum Gasteiger partial charge on any atom is 0.160 e. The van der Waals surface area contributed by atoms with E-state index >= 15 is 0 Å². The van der Waals surface area contributed by atoms with Gasteiger partial charge in [-0.05, 0) is 95.4 Å². The summed E-state index contributed by atoms with van der Waals surface area (Å²) < 4.78 is 0. The third-order valence-corrected chi connectivity index (χ3v) is 13.0. The van der Waals surface area contributed by atoms with Gasteiger partial charge in [0.25, 0.3) is 0 Å². The van der Waals surface area contributed by atoms with Crippen LogP contribution in [-0.4, -0.2) is 9.97 Å². The molecule has 11 aromatic rings. The van der Waals surface area contributed by atoms with E-state index in [2.05, 4.69) is 224 Å². The Morgan fingerprint density at radius 1 is 0.286 bits per heavy atom. The van der Waals surface area contributed by atoms with Crippen LogP contribution in [-0.2, 0) is 5.41 Å². The highest BCUT2D eigenvalue weighted by Crippen LogP contribution is 2.60. The van der Waals surface area contributed by atoms with Crippen molar-refractivity contribution in [1.29, 1.82) is 0 Å². The van der Waals surface area contributed by atoms with Crippen molar-refractivity contribution in [3.63, 3.8) is 0 Å². The Kier molecular flexibility index (Phi) is 8.76. The van der Waals surface area contributed by atoms with E-state index in [1.807, 2.05) is 18.2 Å². The zero-order chi connectivity index (χ0) is 41.7. The maximum absolute atomic E-state index is 5.32. The molecule has 12 rings (SSSR count). The van der Waals surface area contributed by atoms with Crippen LogP contribution in [0.2, 0.25) is 0 Å². The molecule has 0 bridgehead atoms. The molecule has 10 aromatic carbocycles. The monoisotopic (exact) mass is 800 g/mol. The molecule has 1 heterocycles. The first-order chi connectivity index (χ1) is 31.2. The van der Waals surface area contributed by atoms with Gasteiger partial charge in [0, 0.05) is 16.7 Å². The number of hydrogen-bond acceptors (Lipinski definition) is 2. The molecule has 0 saturated carbocycles. The number of fused-ring (bicyclic) bond motifs is 5. The van der Waals surface area contributed by atoms with Crippen molar-refractivity contribution in [1.82, 2.24) is 9.97 Å². The summed E-state index contributed by atoms with van der Waals surface area (Å²) in [7, 11) is 0. The van der Waals surface area contributed by atoms with Crippen molar-refractivity contribution in [2.24, 2.45) is 0 Å². The van der Waals surface area contributed by atoms with Gasteiger partial charge < -0.3 is 0 Å². The lowest BCUT2D eigenvalue weighted by Gasteiger charge is -2.35. The van der Waals surface area contributed by atoms with E-state index in [9.17, 15) is 0 Å². The number of rotatable bonds is 7. The smallest absolute Gasteiger partial charge is 0.160 e. The van der Waals surface area contributed by atoms with Crippen LogP contribution >= 0.6 is 0 Å². The van der Waals surface area contributed by atoms with Crippen LogP contribution < -0.4 is 0 Å². The van der Waals surface area contributed by atoms with Crippen molar-refractivity contribution in [3.05, 3.63) is 265 Å². The van der Waals surface area contributed by atoms with Crippen molar-refractivity contribution >= 4 is 21.5 Å². The Bertz CT molecular complexity index is 3430. The first-order valence-corrected chi connectivity index (χ1v) is 21.6. The highest BCUT2D eigenvalue weighted by molar-refractivity contribution is 6.07. The SMILES string of the molecule is c1ccc(-c2ccc(-c3cc(-c4ccc(-c5cccc6c5C(c5ccccc5)(c5ccccc5)c5cc7ccccc7cc5-6)c5ccccc45)nc(-c4ccccc4)n3)cc2)cc1. The summed E-state index contributed by atoms with van der Waals surface area (Å²) in [6.07, 6.45) is 0. The summed E-state index contributed by atoms with van der Waals surface area (Å²) in [6.45, 7) is 0. The fraction of sp³-hybridized carbons (Fsp3) is 0.0164. The lowest BCUT2D eigenvalue weighted by Crippen LogP contribution is -2.29. The molecule has 0 atom stereocenters. The molecule has 0 aliphatic heterocycles. The lowest BCUT2D eigenvalue weighted by atomic mass is 9.66. The highest BCUT2D eigenvalue weighted by Gasteiger charge is 2.48. The molecule has 294 valence electrons. The second-order valence-corrected chi connectivity index (χ2v) is 16.4. The van der Waals surface area contributed by atoms with E-state index in [1.54, 1.807) is 0 Å². The Hall–Kier alpha value is -8.20. The van der Waals surface area contributed by atoms with Crippen LogP contribution in [0.25, 0.3) is 88.8 Å². The predicted octanol–water partition coefficient (Wildman–Crippen LogP) is 15.5. The Labute approximate surface area is 367 Å². The van der Waals surface area contributed by atoms with E-state index in [1.165, 1.54) is 71.8 Å². The lowest BCUT2D eigenvalue weighted by molar-refractivity contribution is 0.771. The molecule has 0 radical (unpaired) electrons. The molecule has 0 saturated heterocycles. The van der Waals surface area contributed by atoms with Crippen LogP contribution in [0.1, 0.15) is 22.3 Å².